The molecular formula is C20H16N2O. The number of nitrogen functional groups attached to an aromatic ring is 1. The summed E-state index contributed by atoms with van der Waals surface area (Å²) >= 11 is 0. The Hall–Kier alpha value is -3.25. The number of hydrogen-bond acceptors (Lipinski definition) is 3. The van der Waals surface area contributed by atoms with Crippen LogP contribution in [0.2, 0.25) is 0 Å². The van der Waals surface area contributed by atoms with Crippen molar-refractivity contribution in [3.05, 3.63) is 83.9 Å². The minimum absolute atomic E-state index is 0.493. The van der Waals surface area contributed by atoms with Crippen molar-refractivity contribution in [2.75, 3.05) is 5.73 Å². The molecule has 112 valence electrons. The Labute approximate surface area is 135 Å². The Bertz CT molecular complexity index is 834. The summed E-state index contributed by atoms with van der Waals surface area (Å²) in [4.78, 5) is 0. The van der Waals surface area contributed by atoms with Gasteiger partial charge in [0, 0.05) is 5.69 Å². The lowest BCUT2D eigenvalue weighted by Crippen LogP contribution is -1.95. The first-order chi connectivity index (χ1) is 11.3. The second-order valence-corrected chi connectivity index (χ2v) is 5.21. The molecule has 0 aliphatic heterocycles. The molecule has 3 nitrogen and oxygen atoms in total. The van der Waals surface area contributed by atoms with E-state index in [2.05, 4.69) is 6.07 Å². The first-order valence-corrected chi connectivity index (χ1v) is 7.33. The molecule has 0 aliphatic carbocycles. The largest absolute Gasteiger partial charge is 0.489 e. The fourth-order valence-corrected chi connectivity index (χ4v) is 2.32. The highest BCUT2D eigenvalue weighted by molar-refractivity contribution is 5.70. The van der Waals surface area contributed by atoms with Gasteiger partial charge in [0.25, 0.3) is 0 Å². The number of ether oxygens (including phenoxy) is 1. The molecule has 0 atom stereocenters. The number of hydrogen-bond donors (Lipinski definition) is 1. The molecule has 3 rings (SSSR count). The molecule has 0 unspecified atom stereocenters. The zero-order chi connectivity index (χ0) is 16.1. The van der Waals surface area contributed by atoms with Crippen molar-refractivity contribution in [2.45, 2.75) is 6.61 Å². The van der Waals surface area contributed by atoms with Crippen LogP contribution < -0.4 is 10.5 Å². The van der Waals surface area contributed by atoms with Crippen LogP contribution in [0.1, 0.15) is 11.1 Å². The van der Waals surface area contributed by atoms with Gasteiger partial charge in [-0.2, -0.15) is 5.26 Å². The van der Waals surface area contributed by atoms with Crippen LogP contribution >= 0.6 is 0 Å². The Morgan fingerprint density at radius 1 is 0.870 bits per heavy atom. The number of rotatable bonds is 4. The highest BCUT2D eigenvalue weighted by atomic mass is 16.5. The third-order valence-corrected chi connectivity index (χ3v) is 3.61. The van der Waals surface area contributed by atoms with Gasteiger partial charge in [-0.15, -0.1) is 0 Å². The molecule has 0 radical (unpaired) electrons. The SMILES string of the molecule is N#Cc1cc(-c2ccc(OCc3ccccc3)cc2)ccc1N. The summed E-state index contributed by atoms with van der Waals surface area (Å²) in [5.41, 5.74) is 9.86. The maximum atomic E-state index is 9.06. The highest BCUT2D eigenvalue weighted by Crippen LogP contribution is 2.25. The topological polar surface area (TPSA) is 59.0 Å². The monoisotopic (exact) mass is 300 g/mol. The van der Waals surface area contributed by atoms with E-state index in [1.54, 1.807) is 12.1 Å². The maximum absolute atomic E-state index is 9.06. The molecule has 0 bridgehead atoms. The van der Waals surface area contributed by atoms with Crippen LogP contribution in [0, 0.1) is 11.3 Å². The van der Waals surface area contributed by atoms with E-state index in [1.165, 1.54) is 0 Å². The van der Waals surface area contributed by atoms with Crippen LogP contribution in [0.4, 0.5) is 5.69 Å². The zero-order valence-corrected chi connectivity index (χ0v) is 12.6. The van der Waals surface area contributed by atoms with Gasteiger partial charge in [0.05, 0.1) is 5.56 Å². The van der Waals surface area contributed by atoms with Crippen LogP contribution in [-0.2, 0) is 6.61 Å². The maximum Gasteiger partial charge on any atom is 0.119 e. The van der Waals surface area contributed by atoms with Crippen molar-refractivity contribution in [1.29, 1.82) is 5.26 Å². The van der Waals surface area contributed by atoms with Gasteiger partial charge in [-0.05, 0) is 41.0 Å². The zero-order valence-electron chi connectivity index (χ0n) is 12.6. The standard InChI is InChI=1S/C20H16N2O/c21-13-18-12-17(8-11-20(18)22)16-6-9-19(10-7-16)23-14-15-4-2-1-3-5-15/h1-12H,14,22H2. The summed E-state index contributed by atoms with van der Waals surface area (Å²) < 4.78 is 5.77. The van der Waals surface area contributed by atoms with Crippen LogP contribution in [0.3, 0.4) is 0 Å². The van der Waals surface area contributed by atoms with E-state index in [0.29, 0.717) is 17.9 Å². The van der Waals surface area contributed by atoms with E-state index >= 15 is 0 Å². The molecule has 0 saturated heterocycles. The molecule has 0 fully saturated rings. The van der Waals surface area contributed by atoms with Crippen molar-refractivity contribution in [3.63, 3.8) is 0 Å². The third-order valence-electron chi connectivity index (χ3n) is 3.61. The van der Waals surface area contributed by atoms with E-state index < -0.39 is 0 Å². The normalized spacial score (nSPS) is 10.0. The van der Waals surface area contributed by atoms with Crippen molar-refractivity contribution in [1.82, 2.24) is 0 Å². The minimum Gasteiger partial charge on any atom is -0.489 e. The Balaban J connectivity index is 1.73. The summed E-state index contributed by atoms with van der Waals surface area (Å²) in [6.07, 6.45) is 0. The quantitative estimate of drug-likeness (QED) is 0.727. The van der Waals surface area contributed by atoms with Crippen LogP contribution in [0.15, 0.2) is 72.8 Å². The molecule has 23 heavy (non-hydrogen) atoms. The molecular weight excluding hydrogens is 284 g/mol. The lowest BCUT2D eigenvalue weighted by Gasteiger charge is -2.08. The predicted molar refractivity (Wildman–Crippen MR) is 91.8 cm³/mol. The number of anilines is 1. The van der Waals surface area contributed by atoms with Gasteiger partial charge in [0.2, 0.25) is 0 Å². The van der Waals surface area contributed by atoms with Gasteiger partial charge in [-0.25, -0.2) is 0 Å². The molecule has 3 heteroatoms. The van der Waals surface area contributed by atoms with Gasteiger partial charge in [0.1, 0.15) is 18.4 Å². The predicted octanol–water partition coefficient (Wildman–Crippen LogP) is 4.39. The molecule has 0 saturated carbocycles. The average molecular weight is 300 g/mol. The van der Waals surface area contributed by atoms with E-state index in [4.69, 9.17) is 15.7 Å². The second-order valence-electron chi connectivity index (χ2n) is 5.21. The Morgan fingerprint density at radius 2 is 1.57 bits per heavy atom. The number of nitrogens with zero attached hydrogens (tertiary/aromatic N) is 1. The number of nitriles is 1. The lowest BCUT2D eigenvalue weighted by atomic mass is 10.0. The fourth-order valence-electron chi connectivity index (χ4n) is 2.32. The van der Waals surface area contributed by atoms with Gasteiger partial charge >= 0.3 is 0 Å². The first-order valence-electron chi connectivity index (χ1n) is 7.33. The van der Waals surface area contributed by atoms with Crippen molar-refractivity contribution >= 4 is 5.69 Å². The molecule has 3 aromatic rings. The highest BCUT2D eigenvalue weighted by Gasteiger charge is 2.03. The third kappa shape index (κ3) is 3.50. The summed E-state index contributed by atoms with van der Waals surface area (Å²) in [6, 6.07) is 25.4. The van der Waals surface area contributed by atoms with Gasteiger partial charge < -0.3 is 10.5 Å². The van der Waals surface area contributed by atoms with Crippen LogP contribution in [0.25, 0.3) is 11.1 Å². The van der Waals surface area contributed by atoms with Gasteiger partial charge in [-0.1, -0.05) is 48.5 Å². The number of benzene rings is 3. The van der Waals surface area contributed by atoms with E-state index in [9.17, 15) is 0 Å². The lowest BCUT2D eigenvalue weighted by molar-refractivity contribution is 0.306. The first kappa shape index (κ1) is 14.7. The molecule has 0 amide bonds. The molecule has 2 N–H and O–H groups in total. The van der Waals surface area contributed by atoms with Crippen LogP contribution in [0.5, 0.6) is 5.75 Å². The number of nitrogens with two attached hydrogens (primary N) is 1. The molecule has 0 spiro atoms. The fraction of sp³-hybridized carbons (Fsp3) is 0.0500. The molecule has 3 aromatic carbocycles. The minimum atomic E-state index is 0.493. The van der Waals surface area contributed by atoms with Crippen molar-refractivity contribution in [2.24, 2.45) is 0 Å². The molecule has 0 heterocycles. The summed E-state index contributed by atoms with van der Waals surface area (Å²) in [5, 5.41) is 9.06. The summed E-state index contributed by atoms with van der Waals surface area (Å²) in [7, 11) is 0. The van der Waals surface area contributed by atoms with E-state index in [1.807, 2.05) is 60.7 Å². The summed E-state index contributed by atoms with van der Waals surface area (Å²) in [6.45, 7) is 0.542. The second kappa shape index (κ2) is 6.67. The van der Waals surface area contributed by atoms with Gasteiger partial charge in [0.15, 0.2) is 0 Å². The van der Waals surface area contributed by atoms with Crippen LogP contribution in [-0.4, -0.2) is 0 Å². The van der Waals surface area contributed by atoms with Crippen molar-refractivity contribution < 1.29 is 4.74 Å². The Morgan fingerprint density at radius 3 is 2.26 bits per heavy atom. The van der Waals surface area contributed by atoms with Gasteiger partial charge in [-0.3, -0.25) is 0 Å². The van der Waals surface area contributed by atoms with E-state index in [0.717, 1.165) is 22.4 Å². The average Bonchev–Trinajstić information content (AvgIpc) is 2.62. The van der Waals surface area contributed by atoms with Crippen molar-refractivity contribution in [3.8, 4) is 22.9 Å². The Kier molecular flexibility index (Phi) is 4.26. The smallest absolute Gasteiger partial charge is 0.119 e. The molecule has 0 aromatic heterocycles. The van der Waals surface area contributed by atoms with E-state index in [-0.39, 0.29) is 0 Å². The summed E-state index contributed by atoms with van der Waals surface area (Å²) in [5.74, 6) is 0.813. The molecule has 0 aliphatic rings.